The maximum Gasteiger partial charge on any atom is 0.272 e. The first kappa shape index (κ1) is 22.1. The summed E-state index contributed by atoms with van der Waals surface area (Å²) < 4.78 is 7.90. The summed E-state index contributed by atoms with van der Waals surface area (Å²) in [5.74, 6) is -0.666. The lowest BCUT2D eigenvalue weighted by Crippen LogP contribution is -2.18. The van der Waals surface area contributed by atoms with Crippen molar-refractivity contribution in [2.45, 2.75) is 13.5 Å². The third-order valence-electron chi connectivity index (χ3n) is 4.23. The van der Waals surface area contributed by atoms with E-state index in [1.54, 1.807) is 25.3 Å². The number of hydrogen-bond donors (Lipinski definition) is 1. The smallest absolute Gasteiger partial charge is 0.272 e. The Morgan fingerprint density at radius 1 is 1.29 bits per heavy atom. The van der Waals surface area contributed by atoms with Crippen molar-refractivity contribution in [3.63, 3.8) is 0 Å². The molecule has 0 atom stereocenters. The Labute approximate surface area is 181 Å². The van der Waals surface area contributed by atoms with E-state index in [-0.39, 0.29) is 11.6 Å². The molecule has 1 heterocycles. The standard InChI is InChI=1S/C21H20N4O5S/c1-14(26)22-16-7-8-18-19(13-16)31-21(24(18)10-11-30-2)23-20(27)9-6-15-4-3-5-17(12-15)25(28)29/h3-9,12-13H,10-11H2,1-2H3,(H,22,26)/b9-6+,23-21?. The molecular weight excluding hydrogens is 420 g/mol. The number of thiazole rings is 1. The zero-order valence-electron chi connectivity index (χ0n) is 16.9. The zero-order chi connectivity index (χ0) is 22.4. The molecule has 1 aromatic heterocycles. The molecule has 31 heavy (non-hydrogen) atoms. The maximum atomic E-state index is 12.4. The lowest BCUT2D eigenvalue weighted by Gasteiger charge is -2.05. The minimum absolute atomic E-state index is 0.0524. The van der Waals surface area contributed by atoms with Gasteiger partial charge in [-0.3, -0.25) is 19.7 Å². The van der Waals surface area contributed by atoms with E-state index in [4.69, 9.17) is 4.74 Å². The molecule has 0 unspecified atom stereocenters. The van der Waals surface area contributed by atoms with Gasteiger partial charge in [0.15, 0.2) is 4.80 Å². The van der Waals surface area contributed by atoms with Crippen molar-refractivity contribution in [3.8, 4) is 0 Å². The Bertz CT molecular complexity index is 1240. The molecule has 1 N–H and O–H groups in total. The number of carbonyl (C=O) groups is 2. The number of rotatable bonds is 7. The molecule has 0 radical (unpaired) electrons. The summed E-state index contributed by atoms with van der Waals surface area (Å²) in [6.45, 7) is 2.37. The van der Waals surface area contributed by atoms with Gasteiger partial charge in [0.25, 0.3) is 11.6 Å². The number of fused-ring (bicyclic) bond motifs is 1. The SMILES string of the molecule is COCCn1c(=NC(=O)/C=C/c2cccc([N+](=O)[O-])c2)sc2cc(NC(C)=O)ccc21. The van der Waals surface area contributed by atoms with Gasteiger partial charge in [0.1, 0.15) is 0 Å². The number of hydrogen-bond acceptors (Lipinski definition) is 6. The highest BCUT2D eigenvalue weighted by Gasteiger charge is 2.09. The largest absolute Gasteiger partial charge is 0.383 e. The van der Waals surface area contributed by atoms with Crippen LogP contribution in [-0.2, 0) is 20.9 Å². The molecule has 0 aliphatic carbocycles. The van der Waals surface area contributed by atoms with Gasteiger partial charge in [-0.05, 0) is 29.8 Å². The van der Waals surface area contributed by atoms with Crippen molar-refractivity contribution in [2.75, 3.05) is 19.0 Å². The normalized spacial score (nSPS) is 11.9. The van der Waals surface area contributed by atoms with Gasteiger partial charge >= 0.3 is 0 Å². The first-order chi connectivity index (χ1) is 14.9. The second kappa shape index (κ2) is 9.92. The molecule has 0 spiro atoms. The number of amides is 2. The Hall–Kier alpha value is -3.63. The van der Waals surface area contributed by atoms with Crippen LogP contribution in [0.4, 0.5) is 11.4 Å². The van der Waals surface area contributed by atoms with Crippen molar-refractivity contribution < 1.29 is 19.2 Å². The number of benzene rings is 2. The Morgan fingerprint density at radius 2 is 2.10 bits per heavy atom. The topological polar surface area (TPSA) is 116 Å². The minimum atomic E-state index is -0.494. The molecule has 10 heteroatoms. The van der Waals surface area contributed by atoms with Crippen LogP contribution in [0.5, 0.6) is 0 Å². The summed E-state index contributed by atoms with van der Waals surface area (Å²) in [6.07, 6.45) is 2.76. The summed E-state index contributed by atoms with van der Waals surface area (Å²) in [7, 11) is 1.59. The number of nitrogens with zero attached hydrogens (tertiary/aromatic N) is 3. The molecule has 0 saturated heterocycles. The number of anilines is 1. The van der Waals surface area contributed by atoms with Gasteiger partial charge in [0, 0.05) is 44.5 Å². The zero-order valence-corrected chi connectivity index (χ0v) is 17.7. The number of nitro groups is 1. The predicted octanol–water partition coefficient (Wildman–Crippen LogP) is 3.36. The first-order valence-electron chi connectivity index (χ1n) is 9.28. The third-order valence-corrected chi connectivity index (χ3v) is 5.27. The van der Waals surface area contributed by atoms with Gasteiger partial charge in [-0.15, -0.1) is 0 Å². The predicted molar refractivity (Wildman–Crippen MR) is 119 cm³/mol. The lowest BCUT2D eigenvalue weighted by molar-refractivity contribution is -0.384. The molecule has 0 bridgehead atoms. The van der Waals surface area contributed by atoms with Gasteiger partial charge < -0.3 is 14.6 Å². The monoisotopic (exact) mass is 440 g/mol. The number of non-ortho nitro benzene ring substituents is 1. The number of carbonyl (C=O) groups excluding carboxylic acids is 2. The van der Waals surface area contributed by atoms with Gasteiger partial charge in [-0.25, -0.2) is 0 Å². The summed E-state index contributed by atoms with van der Waals surface area (Å²) in [5.41, 5.74) is 2.00. The lowest BCUT2D eigenvalue weighted by atomic mass is 10.2. The summed E-state index contributed by atoms with van der Waals surface area (Å²) >= 11 is 1.32. The maximum absolute atomic E-state index is 12.4. The number of ether oxygens (including phenoxy) is 1. The molecule has 2 amide bonds. The average Bonchev–Trinajstić information content (AvgIpc) is 3.06. The van der Waals surface area contributed by atoms with Gasteiger partial charge in [0.2, 0.25) is 5.91 Å². The molecule has 9 nitrogen and oxygen atoms in total. The Balaban J connectivity index is 1.95. The van der Waals surface area contributed by atoms with Crippen molar-refractivity contribution in [1.82, 2.24) is 4.57 Å². The summed E-state index contributed by atoms with van der Waals surface area (Å²) in [5, 5.41) is 13.6. The summed E-state index contributed by atoms with van der Waals surface area (Å²) in [6, 6.07) is 11.4. The van der Waals surface area contributed by atoms with E-state index < -0.39 is 10.8 Å². The van der Waals surface area contributed by atoms with E-state index >= 15 is 0 Å². The van der Waals surface area contributed by atoms with E-state index in [2.05, 4.69) is 10.3 Å². The highest BCUT2D eigenvalue weighted by atomic mass is 32.1. The molecule has 0 aliphatic heterocycles. The summed E-state index contributed by atoms with van der Waals surface area (Å²) in [4.78, 5) is 38.8. The fourth-order valence-electron chi connectivity index (χ4n) is 2.88. The number of nitrogens with one attached hydrogen (secondary N) is 1. The van der Waals surface area contributed by atoms with Crippen LogP contribution in [0.3, 0.4) is 0 Å². The average molecular weight is 440 g/mol. The van der Waals surface area contributed by atoms with Crippen molar-refractivity contribution in [2.24, 2.45) is 4.99 Å². The molecule has 3 aromatic rings. The van der Waals surface area contributed by atoms with Crippen molar-refractivity contribution in [1.29, 1.82) is 0 Å². The molecule has 160 valence electrons. The van der Waals surface area contributed by atoms with Crippen LogP contribution in [0.25, 0.3) is 16.3 Å². The molecule has 0 aliphatic rings. The first-order valence-corrected chi connectivity index (χ1v) is 10.1. The number of aromatic nitrogens is 1. The molecule has 2 aromatic carbocycles. The van der Waals surface area contributed by atoms with Crippen LogP contribution in [0.15, 0.2) is 53.5 Å². The quantitative estimate of drug-likeness (QED) is 0.344. The fourth-order valence-corrected chi connectivity index (χ4v) is 3.98. The molecule has 3 rings (SSSR count). The molecular formula is C21H20N4O5S. The van der Waals surface area contributed by atoms with Gasteiger partial charge in [-0.1, -0.05) is 23.5 Å². The number of methoxy groups -OCH3 is 1. The van der Waals surface area contributed by atoms with Crippen LogP contribution >= 0.6 is 11.3 Å². The van der Waals surface area contributed by atoms with Crippen LogP contribution in [0.1, 0.15) is 12.5 Å². The van der Waals surface area contributed by atoms with E-state index in [0.717, 1.165) is 10.2 Å². The van der Waals surface area contributed by atoms with Crippen LogP contribution in [0.2, 0.25) is 0 Å². The fraction of sp³-hybridized carbons (Fsp3) is 0.190. The second-order valence-corrected chi connectivity index (χ2v) is 7.54. The van der Waals surface area contributed by atoms with Crippen LogP contribution in [0, 0.1) is 10.1 Å². The van der Waals surface area contributed by atoms with E-state index in [1.807, 2.05) is 16.7 Å². The van der Waals surface area contributed by atoms with Gasteiger partial charge in [-0.2, -0.15) is 4.99 Å². The van der Waals surface area contributed by atoms with Gasteiger partial charge in [0.05, 0.1) is 21.7 Å². The highest BCUT2D eigenvalue weighted by molar-refractivity contribution is 7.16. The van der Waals surface area contributed by atoms with Crippen molar-refractivity contribution >= 4 is 50.8 Å². The third kappa shape index (κ3) is 5.71. The molecule has 0 saturated carbocycles. The Kier molecular flexibility index (Phi) is 7.06. The minimum Gasteiger partial charge on any atom is -0.383 e. The van der Waals surface area contributed by atoms with E-state index in [0.29, 0.717) is 29.2 Å². The highest BCUT2D eigenvalue weighted by Crippen LogP contribution is 2.22. The van der Waals surface area contributed by atoms with Crippen LogP contribution < -0.4 is 10.1 Å². The van der Waals surface area contributed by atoms with Crippen LogP contribution in [-0.4, -0.2) is 35.0 Å². The van der Waals surface area contributed by atoms with E-state index in [1.165, 1.54) is 42.5 Å². The number of nitro benzene ring substituents is 1. The second-order valence-electron chi connectivity index (χ2n) is 6.53. The van der Waals surface area contributed by atoms with Crippen molar-refractivity contribution in [3.05, 3.63) is 69.0 Å². The van der Waals surface area contributed by atoms with E-state index in [9.17, 15) is 19.7 Å². The molecule has 0 fully saturated rings. The Morgan fingerprint density at radius 3 is 2.81 bits per heavy atom.